The predicted octanol–water partition coefficient (Wildman–Crippen LogP) is 0.543. The van der Waals surface area contributed by atoms with Gasteiger partial charge in [0, 0.05) is 0 Å². The normalized spacial score (nSPS) is 13.9. The summed E-state index contributed by atoms with van der Waals surface area (Å²) in [5, 5.41) is 27.4. The third-order valence-corrected chi connectivity index (χ3v) is 3.33. The molecule has 0 aliphatic carbocycles. The van der Waals surface area contributed by atoms with E-state index in [1.54, 1.807) is 0 Å². The third-order valence-electron chi connectivity index (χ3n) is 3.33. The van der Waals surface area contributed by atoms with Crippen molar-refractivity contribution in [3.8, 4) is 0 Å². The minimum absolute atomic E-state index is 0.413. The van der Waals surface area contributed by atoms with Crippen LogP contribution in [0, 0.1) is 0 Å². The fourth-order valence-electron chi connectivity index (χ4n) is 1.98. The van der Waals surface area contributed by atoms with Gasteiger partial charge in [0.15, 0.2) is 5.69 Å². The number of carboxylic acid groups (broad SMARTS) is 1. The number of halogens is 3. The monoisotopic (exact) mass is 358 g/mol. The van der Waals surface area contributed by atoms with Crippen LogP contribution in [0.4, 0.5) is 13.2 Å². The summed E-state index contributed by atoms with van der Waals surface area (Å²) in [5.74, 6) is -2.26. The van der Waals surface area contributed by atoms with E-state index in [0.717, 1.165) is 23.0 Å². The van der Waals surface area contributed by atoms with Crippen molar-refractivity contribution in [3.63, 3.8) is 0 Å². The minimum atomic E-state index is -5.02. The van der Waals surface area contributed by atoms with Gasteiger partial charge >= 0.3 is 12.1 Å². The number of amides is 1. The molecule has 1 aromatic carbocycles. The molecule has 0 spiro atoms. The van der Waals surface area contributed by atoms with Crippen molar-refractivity contribution in [2.75, 3.05) is 6.54 Å². The van der Waals surface area contributed by atoms with E-state index in [1.807, 2.05) is 5.32 Å². The molecule has 1 amide bonds. The van der Waals surface area contributed by atoms with Gasteiger partial charge in [-0.15, -0.1) is 5.10 Å². The molecule has 0 saturated heterocycles. The van der Waals surface area contributed by atoms with E-state index in [2.05, 4.69) is 10.3 Å². The summed E-state index contributed by atoms with van der Waals surface area (Å²) < 4.78 is 40.7. The van der Waals surface area contributed by atoms with Crippen molar-refractivity contribution in [3.05, 3.63) is 47.8 Å². The number of rotatable bonds is 6. The molecule has 1 unspecified atom stereocenters. The lowest BCUT2D eigenvalue weighted by Crippen LogP contribution is -2.51. The van der Waals surface area contributed by atoms with Gasteiger partial charge in [0.2, 0.25) is 11.5 Å². The van der Waals surface area contributed by atoms with Crippen LogP contribution in [0.15, 0.2) is 36.5 Å². The van der Waals surface area contributed by atoms with E-state index in [0.29, 0.717) is 0 Å². The molecule has 11 heteroatoms. The summed E-state index contributed by atoms with van der Waals surface area (Å²) in [6.07, 6.45) is -4.07. The molecule has 2 rings (SSSR count). The Bertz CT molecular complexity index is 763. The zero-order valence-corrected chi connectivity index (χ0v) is 12.6. The fraction of sp³-hybridized carbons (Fsp3) is 0.286. The topological polar surface area (TPSA) is 117 Å². The van der Waals surface area contributed by atoms with E-state index in [4.69, 9.17) is 5.11 Å². The molecular formula is C14H13F3N4O4. The van der Waals surface area contributed by atoms with Gasteiger partial charge in [0.1, 0.15) is 6.54 Å². The van der Waals surface area contributed by atoms with Crippen LogP contribution < -0.4 is 5.32 Å². The number of aromatic nitrogens is 3. The maximum absolute atomic E-state index is 13.3. The van der Waals surface area contributed by atoms with Gasteiger partial charge in [-0.3, -0.25) is 4.79 Å². The molecule has 1 aromatic heterocycles. The van der Waals surface area contributed by atoms with Gasteiger partial charge in [0.05, 0.1) is 12.7 Å². The lowest BCUT2D eigenvalue weighted by Gasteiger charge is -2.31. The van der Waals surface area contributed by atoms with Crippen molar-refractivity contribution < 1.29 is 33.0 Å². The van der Waals surface area contributed by atoms with Crippen LogP contribution in [-0.4, -0.2) is 49.8 Å². The lowest BCUT2D eigenvalue weighted by molar-refractivity contribution is -0.264. The maximum atomic E-state index is 13.3. The molecular weight excluding hydrogens is 345 g/mol. The first-order valence-corrected chi connectivity index (χ1v) is 6.88. The number of benzene rings is 1. The largest absolute Gasteiger partial charge is 0.476 e. The van der Waals surface area contributed by atoms with Crippen LogP contribution in [-0.2, 0) is 16.9 Å². The fourth-order valence-corrected chi connectivity index (χ4v) is 1.98. The van der Waals surface area contributed by atoms with E-state index in [1.165, 1.54) is 18.2 Å². The Kier molecular flexibility index (Phi) is 5.07. The highest BCUT2D eigenvalue weighted by Crippen LogP contribution is 2.38. The summed E-state index contributed by atoms with van der Waals surface area (Å²) in [5.41, 5.74) is -4.10. The second kappa shape index (κ2) is 6.89. The molecule has 0 fully saturated rings. The summed E-state index contributed by atoms with van der Waals surface area (Å²) >= 11 is 0. The van der Waals surface area contributed by atoms with Crippen LogP contribution >= 0.6 is 0 Å². The van der Waals surface area contributed by atoms with Crippen LogP contribution in [0.1, 0.15) is 16.1 Å². The maximum Gasteiger partial charge on any atom is 0.423 e. The van der Waals surface area contributed by atoms with Gasteiger partial charge in [0.25, 0.3) is 0 Å². The second-order valence-electron chi connectivity index (χ2n) is 5.11. The highest BCUT2D eigenvalue weighted by molar-refractivity contribution is 5.84. The number of aliphatic hydroxyl groups is 1. The van der Waals surface area contributed by atoms with Crippen molar-refractivity contribution in [2.45, 2.75) is 18.3 Å². The van der Waals surface area contributed by atoms with E-state index in [9.17, 15) is 27.9 Å². The van der Waals surface area contributed by atoms with Crippen molar-refractivity contribution in [2.24, 2.45) is 0 Å². The van der Waals surface area contributed by atoms with Gasteiger partial charge in [-0.2, -0.15) is 13.2 Å². The lowest BCUT2D eigenvalue weighted by atomic mass is 9.93. The summed E-state index contributed by atoms with van der Waals surface area (Å²) in [6, 6.07) is 6.34. The Hall–Kier alpha value is -2.95. The number of nitrogens with one attached hydrogen (secondary N) is 1. The summed E-state index contributed by atoms with van der Waals surface area (Å²) in [7, 11) is 0. The van der Waals surface area contributed by atoms with E-state index < -0.39 is 48.0 Å². The quantitative estimate of drug-likeness (QED) is 0.694. The zero-order valence-electron chi connectivity index (χ0n) is 12.6. The second-order valence-corrected chi connectivity index (χ2v) is 5.11. The van der Waals surface area contributed by atoms with Crippen molar-refractivity contribution in [1.82, 2.24) is 20.3 Å². The van der Waals surface area contributed by atoms with Gasteiger partial charge in [-0.1, -0.05) is 35.5 Å². The zero-order chi connectivity index (χ0) is 18.7. The summed E-state index contributed by atoms with van der Waals surface area (Å²) in [6.45, 7) is -1.66. The van der Waals surface area contributed by atoms with E-state index in [-0.39, 0.29) is 0 Å². The number of nitrogens with zero attached hydrogens (tertiary/aromatic N) is 3. The Morgan fingerprint density at radius 3 is 2.36 bits per heavy atom. The number of hydrogen-bond donors (Lipinski definition) is 3. The molecule has 2 aromatic rings. The Labute approximate surface area is 138 Å². The molecule has 0 radical (unpaired) electrons. The first-order chi connectivity index (χ1) is 11.6. The highest BCUT2D eigenvalue weighted by atomic mass is 19.4. The van der Waals surface area contributed by atoms with Crippen LogP contribution in [0.25, 0.3) is 0 Å². The van der Waals surface area contributed by atoms with Crippen molar-refractivity contribution >= 4 is 11.9 Å². The van der Waals surface area contributed by atoms with Crippen molar-refractivity contribution in [1.29, 1.82) is 0 Å². The average Bonchev–Trinajstić information content (AvgIpc) is 3.01. The van der Waals surface area contributed by atoms with Gasteiger partial charge in [-0.05, 0) is 5.56 Å². The average molecular weight is 358 g/mol. The van der Waals surface area contributed by atoms with Crippen LogP contribution in [0.5, 0.6) is 0 Å². The standard InChI is InChI=1S/C14H13F3N4O4/c15-14(16,17)13(25,9-4-2-1-3-5-9)8-18-11(22)7-21-6-10(12(23)24)19-20-21/h1-6,25H,7-8H2,(H,18,22)(H,23,24). The molecule has 3 N–H and O–H groups in total. The molecule has 0 aliphatic heterocycles. The number of aromatic carboxylic acids is 1. The third kappa shape index (κ3) is 4.12. The minimum Gasteiger partial charge on any atom is -0.476 e. The smallest absolute Gasteiger partial charge is 0.423 e. The predicted molar refractivity (Wildman–Crippen MR) is 76.4 cm³/mol. The molecule has 25 heavy (non-hydrogen) atoms. The SMILES string of the molecule is O=C(Cn1cc(C(=O)O)nn1)NCC(O)(c1ccccc1)C(F)(F)F. The summed E-state index contributed by atoms with van der Waals surface area (Å²) in [4.78, 5) is 22.4. The number of carboxylic acids is 1. The van der Waals surface area contributed by atoms with Gasteiger partial charge < -0.3 is 15.5 Å². The molecule has 0 aliphatic rings. The first-order valence-electron chi connectivity index (χ1n) is 6.88. The molecule has 8 nitrogen and oxygen atoms in total. The number of alkyl halides is 3. The molecule has 1 heterocycles. The highest BCUT2D eigenvalue weighted by Gasteiger charge is 2.55. The Morgan fingerprint density at radius 1 is 1.20 bits per heavy atom. The molecule has 134 valence electrons. The first kappa shape index (κ1) is 18.4. The Morgan fingerprint density at radius 2 is 1.84 bits per heavy atom. The number of carbonyl (C=O) groups is 2. The number of carbonyl (C=O) groups excluding carboxylic acids is 1. The molecule has 0 saturated carbocycles. The number of hydrogen-bond acceptors (Lipinski definition) is 5. The van der Waals surface area contributed by atoms with Gasteiger partial charge in [-0.25, -0.2) is 9.48 Å². The molecule has 1 atom stereocenters. The van der Waals surface area contributed by atoms with Crippen LogP contribution in [0.2, 0.25) is 0 Å². The van der Waals surface area contributed by atoms with Crippen LogP contribution in [0.3, 0.4) is 0 Å². The van der Waals surface area contributed by atoms with E-state index >= 15 is 0 Å². The molecule has 0 bridgehead atoms. The Balaban J connectivity index is 2.07.